The second-order valence-electron chi connectivity index (χ2n) is 9.66. The fourth-order valence-electron chi connectivity index (χ4n) is 4.08. The maximum atomic E-state index is 14.0. The van der Waals surface area contributed by atoms with E-state index in [1.807, 2.05) is 0 Å². The monoisotopic (exact) mass is 622 g/mol. The number of aromatic nitrogens is 2. The number of benzene rings is 3. The predicted octanol–water partition coefficient (Wildman–Crippen LogP) is 2.37. The van der Waals surface area contributed by atoms with Gasteiger partial charge in [0.25, 0.3) is 5.91 Å². The fraction of sp³-hybridized carbons (Fsp3) is 0.222. The van der Waals surface area contributed by atoms with Gasteiger partial charge >= 0.3 is 6.18 Å². The first-order valence-corrected chi connectivity index (χ1v) is 14.0. The van der Waals surface area contributed by atoms with Gasteiger partial charge in [-0.05, 0) is 67.1 Å². The second kappa shape index (κ2) is 12.0. The first-order chi connectivity index (χ1) is 20.1. The lowest BCUT2D eigenvalue weighted by atomic mass is 10.0. The minimum absolute atomic E-state index is 0.167. The maximum absolute atomic E-state index is 14.0. The molecule has 11 nitrogen and oxygen atoms in total. The number of carbonyl (C=O) groups is 2. The zero-order chi connectivity index (χ0) is 31.6. The normalized spacial score (nSPS) is 13.4. The van der Waals surface area contributed by atoms with Crippen LogP contribution in [0, 0.1) is 12.7 Å². The summed E-state index contributed by atoms with van der Waals surface area (Å²) in [5.41, 5.74) is 3.38. The molecule has 4 rings (SSSR count). The van der Waals surface area contributed by atoms with Crippen LogP contribution in [0.15, 0.2) is 71.8 Å². The van der Waals surface area contributed by atoms with Crippen LogP contribution >= 0.6 is 0 Å². The van der Waals surface area contributed by atoms with Gasteiger partial charge in [-0.1, -0.05) is 6.07 Å². The minimum atomic E-state index is -5.26. The lowest BCUT2D eigenvalue weighted by Crippen LogP contribution is -2.57. The van der Waals surface area contributed by atoms with Crippen molar-refractivity contribution >= 4 is 38.4 Å². The minimum Gasteiger partial charge on any atom is -0.381 e. The van der Waals surface area contributed by atoms with Crippen molar-refractivity contribution in [3.8, 4) is 5.69 Å². The smallest absolute Gasteiger partial charge is 0.381 e. The zero-order valence-corrected chi connectivity index (χ0v) is 23.3. The van der Waals surface area contributed by atoms with E-state index >= 15 is 0 Å². The van der Waals surface area contributed by atoms with Crippen LogP contribution in [-0.4, -0.2) is 66.5 Å². The molecule has 1 atom stereocenters. The van der Waals surface area contributed by atoms with E-state index in [1.165, 1.54) is 29.1 Å². The molecule has 0 saturated carbocycles. The summed E-state index contributed by atoms with van der Waals surface area (Å²) in [5.74, 6) is -2.01. The average molecular weight is 623 g/mol. The van der Waals surface area contributed by atoms with Crippen LogP contribution in [0.2, 0.25) is 0 Å². The van der Waals surface area contributed by atoms with E-state index in [9.17, 15) is 40.7 Å². The number of halogens is 4. The maximum Gasteiger partial charge on any atom is 0.420 e. The molecular formula is C27H26F4N6O5S. The molecule has 0 aliphatic carbocycles. The molecule has 228 valence electrons. The van der Waals surface area contributed by atoms with Gasteiger partial charge in [0.2, 0.25) is 15.9 Å². The van der Waals surface area contributed by atoms with Crippen molar-refractivity contribution in [2.24, 2.45) is 5.73 Å². The highest BCUT2D eigenvalue weighted by Gasteiger charge is 2.54. The highest BCUT2D eigenvalue weighted by Crippen LogP contribution is 2.33. The first-order valence-electron chi connectivity index (χ1n) is 12.5. The molecule has 6 N–H and O–H groups in total. The largest absolute Gasteiger partial charge is 0.420 e. The molecule has 0 aliphatic heterocycles. The molecule has 0 radical (unpaired) electrons. The molecule has 1 heterocycles. The van der Waals surface area contributed by atoms with Crippen molar-refractivity contribution in [2.75, 3.05) is 25.0 Å². The van der Waals surface area contributed by atoms with E-state index in [-0.39, 0.29) is 17.8 Å². The number of amides is 2. The number of nitrogens with one attached hydrogen (secondary N) is 3. The molecule has 1 aromatic heterocycles. The molecule has 16 heteroatoms. The molecule has 43 heavy (non-hydrogen) atoms. The summed E-state index contributed by atoms with van der Waals surface area (Å²) in [6, 6.07) is 12.9. The first kappa shape index (κ1) is 31.4. The Bertz CT molecular complexity index is 1780. The van der Waals surface area contributed by atoms with Crippen molar-refractivity contribution in [3.63, 3.8) is 0 Å². The molecule has 0 bridgehead atoms. The van der Waals surface area contributed by atoms with Gasteiger partial charge in [0.1, 0.15) is 5.82 Å². The summed E-state index contributed by atoms with van der Waals surface area (Å²) in [7, 11) is -4.51. The van der Waals surface area contributed by atoms with E-state index in [0.717, 1.165) is 24.3 Å². The number of anilines is 1. The van der Waals surface area contributed by atoms with Crippen LogP contribution in [0.3, 0.4) is 0 Å². The molecule has 0 aliphatic rings. The number of rotatable bonds is 11. The van der Waals surface area contributed by atoms with Gasteiger partial charge in [0.15, 0.2) is 5.60 Å². The molecule has 0 saturated heterocycles. The number of nitrogens with zero attached hydrogens (tertiary/aromatic N) is 2. The standard InChI is InChI=1S/C27H26F4N6O5S/c1-16-9-22(34-14-26(40,27(29,30)31)15-36-43(41,42)20-7-5-18(28)6-8-20)21-12-35-37(23(21)10-16)19-4-2-3-17(11-19)25(39)33-13-24(32)38/h2-12,34,36,40H,13-15H2,1H3,(H2,32,38)(H,33,39). The van der Waals surface area contributed by atoms with Gasteiger partial charge in [0, 0.05) is 16.6 Å². The average Bonchev–Trinajstić information content (AvgIpc) is 3.37. The molecule has 4 aromatic rings. The second-order valence-corrected chi connectivity index (χ2v) is 11.4. The lowest BCUT2D eigenvalue weighted by Gasteiger charge is -2.31. The number of sulfonamides is 1. The molecular weight excluding hydrogens is 596 g/mol. The summed E-state index contributed by atoms with van der Waals surface area (Å²) in [6.07, 6.45) is -3.88. The Morgan fingerprint density at radius 2 is 1.74 bits per heavy atom. The van der Waals surface area contributed by atoms with Crippen LogP contribution < -0.4 is 21.1 Å². The van der Waals surface area contributed by atoms with Crippen molar-refractivity contribution in [1.82, 2.24) is 19.8 Å². The number of nitrogens with two attached hydrogens (primary N) is 1. The number of fused-ring (bicyclic) bond motifs is 1. The Hall–Kier alpha value is -4.54. The van der Waals surface area contributed by atoms with Gasteiger partial charge in [0.05, 0.1) is 41.9 Å². The number of hydrogen-bond acceptors (Lipinski definition) is 7. The Morgan fingerprint density at radius 3 is 2.40 bits per heavy atom. The van der Waals surface area contributed by atoms with Crippen LogP contribution in [0.1, 0.15) is 15.9 Å². The van der Waals surface area contributed by atoms with Gasteiger partial charge in [-0.25, -0.2) is 22.2 Å². The fourth-order valence-corrected chi connectivity index (χ4v) is 5.17. The van der Waals surface area contributed by atoms with E-state index < -0.39 is 57.4 Å². The number of aryl methyl sites for hydroxylation is 1. The van der Waals surface area contributed by atoms with Crippen LogP contribution in [0.5, 0.6) is 0 Å². The van der Waals surface area contributed by atoms with Crippen molar-refractivity contribution in [1.29, 1.82) is 0 Å². The van der Waals surface area contributed by atoms with Gasteiger partial charge in [-0.2, -0.15) is 18.3 Å². The topological polar surface area (TPSA) is 168 Å². The van der Waals surface area contributed by atoms with Crippen LogP contribution in [0.4, 0.5) is 23.2 Å². The molecule has 2 amide bonds. The highest BCUT2D eigenvalue weighted by molar-refractivity contribution is 7.89. The molecule has 1 unspecified atom stereocenters. The van der Waals surface area contributed by atoms with E-state index in [0.29, 0.717) is 22.2 Å². The van der Waals surface area contributed by atoms with Crippen LogP contribution in [-0.2, 0) is 14.8 Å². The number of primary amides is 1. The Labute approximate surface area is 242 Å². The van der Waals surface area contributed by atoms with Gasteiger partial charge in [-0.3, -0.25) is 9.59 Å². The van der Waals surface area contributed by atoms with Crippen molar-refractivity contribution < 1.29 is 40.7 Å². The quantitative estimate of drug-likeness (QED) is 0.160. The highest BCUT2D eigenvalue weighted by atomic mass is 32.2. The van der Waals surface area contributed by atoms with Crippen molar-refractivity contribution in [3.05, 3.63) is 83.8 Å². The third-order valence-corrected chi connectivity index (χ3v) is 7.80. The molecule has 0 fully saturated rings. The summed E-state index contributed by atoms with van der Waals surface area (Å²) < 4.78 is 83.4. The Morgan fingerprint density at radius 1 is 1.05 bits per heavy atom. The van der Waals surface area contributed by atoms with Gasteiger partial charge < -0.3 is 21.5 Å². The van der Waals surface area contributed by atoms with Gasteiger partial charge in [-0.15, -0.1) is 0 Å². The summed E-state index contributed by atoms with van der Waals surface area (Å²) in [6.45, 7) is -1.24. The van der Waals surface area contributed by atoms with E-state index in [4.69, 9.17) is 5.73 Å². The van der Waals surface area contributed by atoms with E-state index in [1.54, 1.807) is 29.8 Å². The Kier molecular flexibility index (Phi) is 8.75. The SMILES string of the molecule is Cc1cc(NCC(O)(CNS(=O)(=O)c2ccc(F)cc2)C(F)(F)F)c2cnn(-c3cccc(C(=O)NCC(N)=O)c3)c2c1. The predicted molar refractivity (Wildman–Crippen MR) is 148 cm³/mol. The zero-order valence-electron chi connectivity index (χ0n) is 22.4. The molecule has 3 aromatic carbocycles. The Balaban J connectivity index is 1.59. The number of carbonyl (C=O) groups excluding carboxylic acids is 2. The summed E-state index contributed by atoms with van der Waals surface area (Å²) >= 11 is 0. The molecule has 0 spiro atoms. The number of aliphatic hydroxyl groups is 1. The third kappa shape index (κ3) is 7.10. The van der Waals surface area contributed by atoms with Crippen molar-refractivity contribution in [2.45, 2.75) is 23.6 Å². The lowest BCUT2D eigenvalue weighted by molar-refractivity contribution is -0.250. The van der Waals surface area contributed by atoms with Crippen LogP contribution in [0.25, 0.3) is 16.6 Å². The summed E-state index contributed by atoms with van der Waals surface area (Å²) in [5, 5.41) is 20.2. The number of alkyl halides is 3. The third-order valence-electron chi connectivity index (χ3n) is 6.39. The van der Waals surface area contributed by atoms with E-state index in [2.05, 4.69) is 15.7 Å². The number of hydrogen-bond donors (Lipinski definition) is 5. The summed E-state index contributed by atoms with van der Waals surface area (Å²) in [4.78, 5) is 22.9.